The maximum Gasteiger partial charge on any atom is 0.220 e. The van der Waals surface area contributed by atoms with Crippen molar-refractivity contribution >= 4 is 15.9 Å². The fourth-order valence-corrected chi connectivity index (χ4v) is 3.30. The minimum atomic E-state index is -3.24. The average molecular weight is 291 g/mol. The van der Waals surface area contributed by atoms with E-state index in [1.54, 1.807) is 0 Å². The van der Waals surface area contributed by atoms with Crippen molar-refractivity contribution in [3.05, 3.63) is 0 Å². The third-order valence-corrected chi connectivity index (χ3v) is 5.00. The molecule has 1 amide bonds. The second-order valence-electron chi connectivity index (χ2n) is 5.47. The van der Waals surface area contributed by atoms with Gasteiger partial charge in [0.1, 0.15) is 0 Å². The highest BCUT2D eigenvalue weighted by molar-refractivity contribution is 7.89. The summed E-state index contributed by atoms with van der Waals surface area (Å²) in [5.41, 5.74) is 0. The van der Waals surface area contributed by atoms with Gasteiger partial charge in [-0.2, -0.15) is 4.31 Å². The number of likely N-dealkylation sites (N-methyl/N-ethyl adjacent to an activating group) is 1. The van der Waals surface area contributed by atoms with Gasteiger partial charge in [-0.3, -0.25) is 4.79 Å². The Bertz CT molecular complexity index is 387. The van der Waals surface area contributed by atoms with Gasteiger partial charge < -0.3 is 10.2 Å². The van der Waals surface area contributed by atoms with Gasteiger partial charge in [-0.15, -0.1) is 0 Å². The Balaban J connectivity index is 2.33. The van der Waals surface area contributed by atoms with Crippen molar-refractivity contribution in [3.8, 4) is 0 Å². The Morgan fingerprint density at radius 1 is 1.21 bits per heavy atom. The Kier molecular flexibility index (Phi) is 6.22. The highest BCUT2D eigenvalue weighted by atomic mass is 32.2. The molecule has 0 radical (unpaired) electrons. The highest BCUT2D eigenvalue weighted by Gasteiger charge is 2.25. The predicted octanol–water partition coefficient (Wildman–Crippen LogP) is -0.274. The first-order chi connectivity index (χ1) is 8.81. The fraction of sp³-hybridized carbons (Fsp3) is 0.917. The Morgan fingerprint density at radius 3 is 2.32 bits per heavy atom. The Labute approximate surface area is 116 Å². The number of amides is 1. The summed E-state index contributed by atoms with van der Waals surface area (Å²) < 4.78 is 25.6. The molecule has 0 aromatic heterocycles. The molecule has 1 rings (SSSR count). The molecule has 0 atom stereocenters. The van der Waals surface area contributed by atoms with Crippen molar-refractivity contribution in [2.45, 2.75) is 20.3 Å². The number of carbonyl (C=O) groups is 1. The van der Waals surface area contributed by atoms with Crippen molar-refractivity contribution in [3.63, 3.8) is 0 Å². The van der Waals surface area contributed by atoms with Crippen molar-refractivity contribution in [2.24, 2.45) is 5.92 Å². The number of piperazine rings is 1. The summed E-state index contributed by atoms with van der Waals surface area (Å²) in [7, 11) is -1.26. The van der Waals surface area contributed by atoms with Crippen LogP contribution in [-0.4, -0.2) is 69.1 Å². The van der Waals surface area contributed by atoms with Crippen LogP contribution < -0.4 is 5.32 Å². The number of sulfonamides is 1. The van der Waals surface area contributed by atoms with Gasteiger partial charge in [0.2, 0.25) is 15.9 Å². The van der Waals surface area contributed by atoms with Crippen LogP contribution in [0.15, 0.2) is 0 Å². The summed E-state index contributed by atoms with van der Waals surface area (Å²) in [4.78, 5) is 13.5. The van der Waals surface area contributed by atoms with Gasteiger partial charge in [-0.05, 0) is 13.0 Å². The van der Waals surface area contributed by atoms with E-state index in [-0.39, 0.29) is 24.1 Å². The second-order valence-corrected chi connectivity index (χ2v) is 7.55. The van der Waals surface area contributed by atoms with E-state index in [1.165, 1.54) is 4.31 Å². The van der Waals surface area contributed by atoms with E-state index in [0.717, 1.165) is 13.1 Å². The molecular weight excluding hydrogens is 266 g/mol. The summed E-state index contributed by atoms with van der Waals surface area (Å²) in [6.45, 7) is 6.72. The highest BCUT2D eigenvalue weighted by Crippen LogP contribution is 2.06. The van der Waals surface area contributed by atoms with Crippen molar-refractivity contribution in [1.82, 2.24) is 14.5 Å². The summed E-state index contributed by atoms with van der Waals surface area (Å²) in [6, 6.07) is 0. The molecule has 0 aromatic carbocycles. The van der Waals surface area contributed by atoms with E-state index >= 15 is 0 Å². The zero-order chi connectivity index (χ0) is 14.5. The second kappa shape index (κ2) is 7.21. The molecule has 112 valence electrons. The van der Waals surface area contributed by atoms with Crippen LogP contribution in [0.5, 0.6) is 0 Å². The minimum Gasteiger partial charge on any atom is -0.355 e. The quantitative estimate of drug-likeness (QED) is 0.731. The molecule has 0 aliphatic carbocycles. The van der Waals surface area contributed by atoms with Gasteiger partial charge in [0, 0.05) is 39.1 Å². The fourth-order valence-electron chi connectivity index (χ4n) is 1.96. The van der Waals surface area contributed by atoms with Crippen LogP contribution in [0.25, 0.3) is 0 Å². The lowest BCUT2D eigenvalue weighted by atomic mass is 10.1. The standard InChI is InChI=1S/C12H25N3O3S/c1-11(2)10-12(16)13-4-9-19(17,18)15-7-5-14(3)6-8-15/h11H,4-10H2,1-3H3,(H,13,16). The van der Waals surface area contributed by atoms with Crippen LogP contribution in [0.4, 0.5) is 0 Å². The third kappa shape index (κ3) is 5.88. The van der Waals surface area contributed by atoms with Gasteiger partial charge in [0.25, 0.3) is 0 Å². The van der Waals surface area contributed by atoms with E-state index in [9.17, 15) is 13.2 Å². The molecule has 1 aliphatic heterocycles. The van der Waals surface area contributed by atoms with Gasteiger partial charge in [-0.25, -0.2) is 8.42 Å². The molecule has 1 heterocycles. The lowest BCUT2D eigenvalue weighted by Crippen LogP contribution is -2.48. The third-order valence-electron chi connectivity index (χ3n) is 3.13. The molecule has 7 heteroatoms. The number of carbonyl (C=O) groups excluding carboxylic acids is 1. The summed E-state index contributed by atoms with van der Waals surface area (Å²) >= 11 is 0. The Hall–Kier alpha value is -0.660. The maximum atomic E-state index is 12.1. The van der Waals surface area contributed by atoms with E-state index in [0.29, 0.717) is 19.5 Å². The minimum absolute atomic E-state index is 0.0133. The molecule has 1 aliphatic rings. The molecular formula is C12H25N3O3S. The van der Waals surface area contributed by atoms with Crippen molar-refractivity contribution in [1.29, 1.82) is 0 Å². The SMILES string of the molecule is CC(C)CC(=O)NCCS(=O)(=O)N1CCN(C)CC1. The first-order valence-corrected chi connectivity index (χ1v) is 8.35. The van der Waals surface area contributed by atoms with Crippen LogP contribution in [0, 0.1) is 5.92 Å². The zero-order valence-electron chi connectivity index (χ0n) is 12.1. The molecule has 6 nitrogen and oxygen atoms in total. The number of nitrogens with one attached hydrogen (secondary N) is 1. The van der Waals surface area contributed by atoms with Crippen LogP contribution in [-0.2, 0) is 14.8 Å². The monoisotopic (exact) mass is 291 g/mol. The molecule has 0 unspecified atom stereocenters. The molecule has 1 N–H and O–H groups in total. The van der Waals surface area contributed by atoms with E-state index < -0.39 is 10.0 Å². The number of hydrogen-bond donors (Lipinski definition) is 1. The number of rotatable bonds is 6. The molecule has 0 aromatic rings. The Morgan fingerprint density at radius 2 is 1.79 bits per heavy atom. The van der Waals surface area contributed by atoms with Crippen LogP contribution in [0.3, 0.4) is 0 Å². The summed E-state index contributed by atoms with van der Waals surface area (Å²) in [5.74, 6) is 0.193. The molecule has 0 saturated carbocycles. The zero-order valence-corrected chi connectivity index (χ0v) is 12.9. The first kappa shape index (κ1) is 16.4. The topological polar surface area (TPSA) is 69.7 Å². The lowest BCUT2D eigenvalue weighted by molar-refractivity contribution is -0.121. The molecule has 0 spiro atoms. The van der Waals surface area contributed by atoms with Crippen molar-refractivity contribution < 1.29 is 13.2 Å². The molecule has 19 heavy (non-hydrogen) atoms. The van der Waals surface area contributed by atoms with Crippen molar-refractivity contribution in [2.75, 3.05) is 45.5 Å². The lowest BCUT2D eigenvalue weighted by Gasteiger charge is -2.31. The molecule has 0 bridgehead atoms. The van der Waals surface area contributed by atoms with Gasteiger partial charge in [0.05, 0.1) is 5.75 Å². The van der Waals surface area contributed by atoms with Gasteiger partial charge in [0.15, 0.2) is 0 Å². The number of hydrogen-bond acceptors (Lipinski definition) is 4. The summed E-state index contributed by atoms with van der Waals surface area (Å²) in [5, 5.41) is 2.66. The number of nitrogens with zero attached hydrogens (tertiary/aromatic N) is 2. The molecule has 1 saturated heterocycles. The van der Waals surface area contributed by atoms with E-state index in [2.05, 4.69) is 10.2 Å². The van der Waals surface area contributed by atoms with Gasteiger partial charge >= 0.3 is 0 Å². The normalized spacial score (nSPS) is 18.7. The molecule has 1 fully saturated rings. The van der Waals surface area contributed by atoms with Crippen LogP contribution >= 0.6 is 0 Å². The maximum absolute atomic E-state index is 12.1. The van der Waals surface area contributed by atoms with E-state index in [1.807, 2.05) is 20.9 Å². The van der Waals surface area contributed by atoms with E-state index in [4.69, 9.17) is 0 Å². The van der Waals surface area contributed by atoms with Gasteiger partial charge in [-0.1, -0.05) is 13.8 Å². The summed E-state index contributed by atoms with van der Waals surface area (Å²) in [6.07, 6.45) is 0.439. The first-order valence-electron chi connectivity index (χ1n) is 6.74. The predicted molar refractivity (Wildman–Crippen MR) is 75.3 cm³/mol. The largest absolute Gasteiger partial charge is 0.355 e. The average Bonchev–Trinajstić information content (AvgIpc) is 2.28. The smallest absolute Gasteiger partial charge is 0.220 e. The van der Waals surface area contributed by atoms with Crippen LogP contribution in [0.2, 0.25) is 0 Å². The van der Waals surface area contributed by atoms with Crippen LogP contribution in [0.1, 0.15) is 20.3 Å².